The Kier molecular flexibility index (Phi) is 2.50. The monoisotopic (exact) mass is 291 g/mol. The van der Waals surface area contributed by atoms with Gasteiger partial charge in [0, 0.05) is 18.2 Å². The summed E-state index contributed by atoms with van der Waals surface area (Å²) in [6.07, 6.45) is 4.06. The average Bonchev–Trinajstić information content (AvgIpc) is 3.25. The summed E-state index contributed by atoms with van der Waals surface area (Å²) in [6.45, 7) is 1.11. The van der Waals surface area contributed by atoms with Crippen LogP contribution in [0.1, 0.15) is 19.3 Å². The zero-order chi connectivity index (χ0) is 14.5. The molecule has 3 aromatic rings. The van der Waals surface area contributed by atoms with Gasteiger partial charge in [0.2, 0.25) is 0 Å². The second kappa shape index (κ2) is 4.53. The highest BCUT2D eigenvalue weighted by Gasteiger charge is 2.41. The van der Waals surface area contributed by atoms with Gasteiger partial charge in [0.1, 0.15) is 5.82 Å². The molecule has 0 bridgehead atoms. The Morgan fingerprint density at radius 1 is 0.909 bits per heavy atom. The van der Waals surface area contributed by atoms with Gasteiger partial charge in [-0.3, -0.25) is 0 Å². The molecule has 0 radical (unpaired) electrons. The SMILES string of the molecule is c1ccc(-c2nnc3ccc(N4CCC4C4CC4)nn23)cc1. The molecule has 5 nitrogen and oxygen atoms in total. The van der Waals surface area contributed by atoms with Gasteiger partial charge < -0.3 is 4.90 Å². The standard InChI is InChI=1S/C17H17N5/c1-2-4-13(5-3-1)17-19-18-15-8-9-16(20-22(15)17)21-11-10-14(21)12-6-7-12/h1-5,8-9,12,14H,6-7,10-11H2. The summed E-state index contributed by atoms with van der Waals surface area (Å²) < 4.78 is 1.87. The van der Waals surface area contributed by atoms with Crippen molar-refractivity contribution in [1.29, 1.82) is 0 Å². The molecule has 1 unspecified atom stereocenters. The average molecular weight is 291 g/mol. The number of aromatic nitrogens is 4. The van der Waals surface area contributed by atoms with E-state index in [0.717, 1.165) is 35.3 Å². The van der Waals surface area contributed by atoms with E-state index >= 15 is 0 Å². The van der Waals surface area contributed by atoms with E-state index in [9.17, 15) is 0 Å². The van der Waals surface area contributed by atoms with Crippen molar-refractivity contribution < 1.29 is 0 Å². The molecule has 5 heteroatoms. The molecular weight excluding hydrogens is 274 g/mol. The minimum Gasteiger partial charge on any atom is -0.352 e. The summed E-state index contributed by atoms with van der Waals surface area (Å²) in [6, 6.07) is 14.9. The molecule has 1 aliphatic carbocycles. The summed E-state index contributed by atoms with van der Waals surface area (Å²) in [7, 11) is 0. The number of benzene rings is 1. The van der Waals surface area contributed by atoms with Gasteiger partial charge in [-0.2, -0.15) is 4.52 Å². The lowest BCUT2D eigenvalue weighted by Gasteiger charge is -2.42. The first-order valence-corrected chi connectivity index (χ1v) is 7.95. The summed E-state index contributed by atoms with van der Waals surface area (Å²) in [5.74, 6) is 2.74. The van der Waals surface area contributed by atoms with Crippen LogP contribution in [0.25, 0.3) is 17.0 Å². The largest absolute Gasteiger partial charge is 0.352 e. The molecule has 1 atom stereocenters. The van der Waals surface area contributed by atoms with Crippen molar-refractivity contribution in [3.8, 4) is 11.4 Å². The fourth-order valence-corrected chi connectivity index (χ4v) is 3.36. The first-order valence-electron chi connectivity index (χ1n) is 7.95. The molecule has 2 aliphatic rings. The second-order valence-corrected chi connectivity index (χ2v) is 6.24. The maximum Gasteiger partial charge on any atom is 0.185 e. The lowest BCUT2D eigenvalue weighted by molar-refractivity contribution is 0.400. The quantitative estimate of drug-likeness (QED) is 0.744. The molecule has 1 saturated heterocycles. The third-order valence-electron chi connectivity index (χ3n) is 4.81. The predicted molar refractivity (Wildman–Crippen MR) is 84.7 cm³/mol. The highest BCUT2D eigenvalue weighted by molar-refractivity contribution is 5.59. The minimum atomic E-state index is 0.696. The van der Waals surface area contributed by atoms with Crippen LogP contribution in [0.2, 0.25) is 0 Å². The molecule has 0 amide bonds. The van der Waals surface area contributed by atoms with Gasteiger partial charge in [-0.15, -0.1) is 15.3 Å². The van der Waals surface area contributed by atoms with Crippen LogP contribution in [0.3, 0.4) is 0 Å². The zero-order valence-electron chi connectivity index (χ0n) is 12.3. The molecule has 3 heterocycles. The summed E-state index contributed by atoms with van der Waals surface area (Å²) in [5, 5.41) is 13.4. The maximum absolute atomic E-state index is 4.81. The summed E-state index contributed by atoms with van der Waals surface area (Å²) in [5.41, 5.74) is 1.84. The third-order valence-corrected chi connectivity index (χ3v) is 4.81. The molecule has 110 valence electrons. The predicted octanol–water partition coefficient (Wildman–Crippen LogP) is 2.78. The molecular formula is C17H17N5. The number of anilines is 1. The Morgan fingerprint density at radius 2 is 1.77 bits per heavy atom. The fourth-order valence-electron chi connectivity index (χ4n) is 3.36. The van der Waals surface area contributed by atoms with Crippen LogP contribution in [-0.2, 0) is 0 Å². The van der Waals surface area contributed by atoms with Crippen LogP contribution in [0, 0.1) is 5.92 Å². The van der Waals surface area contributed by atoms with E-state index in [1.165, 1.54) is 19.3 Å². The number of nitrogens with zero attached hydrogens (tertiary/aromatic N) is 5. The van der Waals surface area contributed by atoms with Gasteiger partial charge in [-0.05, 0) is 37.3 Å². The van der Waals surface area contributed by atoms with Crippen LogP contribution in [0.4, 0.5) is 5.82 Å². The topological polar surface area (TPSA) is 46.3 Å². The minimum absolute atomic E-state index is 0.696. The Bertz CT molecular complexity index is 821. The normalized spacial score (nSPS) is 21.1. The Hall–Kier alpha value is -2.43. The van der Waals surface area contributed by atoms with Crippen molar-refractivity contribution in [3.63, 3.8) is 0 Å². The van der Waals surface area contributed by atoms with Crippen LogP contribution >= 0.6 is 0 Å². The smallest absolute Gasteiger partial charge is 0.185 e. The van der Waals surface area contributed by atoms with Crippen molar-refractivity contribution >= 4 is 11.5 Å². The van der Waals surface area contributed by atoms with Crippen LogP contribution in [0.15, 0.2) is 42.5 Å². The molecule has 0 N–H and O–H groups in total. The van der Waals surface area contributed by atoms with E-state index in [4.69, 9.17) is 5.10 Å². The first-order chi connectivity index (χ1) is 10.9. The number of hydrogen-bond acceptors (Lipinski definition) is 4. The van der Waals surface area contributed by atoms with Crippen molar-refractivity contribution in [2.24, 2.45) is 5.92 Å². The van der Waals surface area contributed by atoms with Crippen LogP contribution < -0.4 is 4.90 Å². The van der Waals surface area contributed by atoms with Gasteiger partial charge in [0.05, 0.1) is 0 Å². The number of rotatable bonds is 3. The van der Waals surface area contributed by atoms with Gasteiger partial charge in [-0.25, -0.2) is 0 Å². The van der Waals surface area contributed by atoms with Gasteiger partial charge in [0.25, 0.3) is 0 Å². The highest BCUT2D eigenvalue weighted by atomic mass is 15.4. The zero-order valence-corrected chi connectivity index (χ0v) is 12.3. The molecule has 2 aromatic heterocycles. The maximum atomic E-state index is 4.81. The Balaban J connectivity index is 1.58. The molecule has 0 spiro atoms. The fraction of sp³-hybridized carbons (Fsp3) is 0.353. The van der Waals surface area contributed by atoms with Crippen LogP contribution in [-0.4, -0.2) is 32.4 Å². The van der Waals surface area contributed by atoms with Gasteiger partial charge in [-0.1, -0.05) is 30.3 Å². The number of fused-ring (bicyclic) bond motifs is 1. The highest BCUT2D eigenvalue weighted by Crippen LogP contribution is 2.42. The summed E-state index contributed by atoms with van der Waals surface area (Å²) >= 11 is 0. The molecule has 5 rings (SSSR count). The van der Waals surface area contributed by atoms with E-state index in [1.807, 2.05) is 40.9 Å². The van der Waals surface area contributed by atoms with E-state index < -0.39 is 0 Å². The molecule has 1 aromatic carbocycles. The molecule has 1 aliphatic heterocycles. The van der Waals surface area contributed by atoms with E-state index in [-0.39, 0.29) is 0 Å². The molecule has 1 saturated carbocycles. The first kappa shape index (κ1) is 12.1. The Morgan fingerprint density at radius 3 is 2.50 bits per heavy atom. The third kappa shape index (κ3) is 1.81. The van der Waals surface area contributed by atoms with Gasteiger partial charge >= 0.3 is 0 Å². The Labute approximate surface area is 128 Å². The molecule has 2 fully saturated rings. The van der Waals surface area contributed by atoms with E-state index in [2.05, 4.69) is 21.2 Å². The molecule has 22 heavy (non-hydrogen) atoms. The van der Waals surface area contributed by atoms with Crippen molar-refractivity contribution in [2.45, 2.75) is 25.3 Å². The van der Waals surface area contributed by atoms with Crippen molar-refractivity contribution in [3.05, 3.63) is 42.5 Å². The lowest BCUT2D eigenvalue weighted by Crippen LogP contribution is -2.49. The van der Waals surface area contributed by atoms with E-state index in [0.29, 0.717) is 6.04 Å². The van der Waals surface area contributed by atoms with E-state index in [1.54, 1.807) is 0 Å². The second-order valence-electron chi connectivity index (χ2n) is 6.24. The van der Waals surface area contributed by atoms with Crippen molar-refractivity contribution in [1.82, 2.24) is 19.8 Å². The van der Waals surface area contributed by atoms with Gasteiger partial charge in [0.15, 0.2) is 11.5 Å². The summed E-state index contributed by atoms with van der Waals surface area (Å²) in [4.78, 5) is 2.44. The van der Waals surface area contributed by atoms with Crippen LogP contribution in [0.5, 0.6) is 0 Å². The number of hydrogen-bond donors (Lipinski definition) is 0. The van der Waals surface area contributed by atoms with Crippen molar-refractivity contribution in [2.75, 3.05) is 11.4 Å². The lowest BCUT2D eigenvalue weighted by atomic mass is 9.98.